The van der Waals surface area contributed by atoms with Crippen LogP contribution in [0, 0.1) is 0 Å². The maximum absolute atomic E-state index is 4.78. The first-order valence-corrected chi connectivity index (χ1v) is 10.9. The van der Waals surface area contributed by atoms with Gasteiger partial charge in [-0.1, -0.05) is 0 Å². The van der Waals surface area contributed by atoms with Crippen LogP contribution in [0.15, 0.2) is 53.2 Å². The van der Waals surface area contributed by atoms with Gasteiger partial charge in [-0.25, -0.2) is 0 Å². The fourth-order valence-electron chi connectivity index (χ4n) is 2.71. The Morgan fingerprint density at radius 1 is 0.955 bits per heavy atom. The summed E-state index contributed by atoms with van der Waals surface area (Å²) in [7, 11) is 0. The van der Waals surface area contributed by atoms with E-state index in [0.29, 0.717) is 19.8 Å². The molecular weight excluding hydrogens is 373 g/mol. The van der Waals surface area contributed by atoms with Gasteiger partial charge in [0, 0.05) is 0 Å². The Kier molecular flexibility index (Phi) is 4.01. The van der Waals surface area contributed by atoms with Crippen LogP contribution in [0.3, 0.4) is 0 Å². The standard InChI is InChI=1S/C18H15NS2Se/c1-12(22-13-5-3-2-4-6-13)11-14-17-15(7-9-20-17)19-16-8-10-21-18(14)16/h2-10,12H,11H2,1H3. The van der Waals surface area contributed by atoms with Crippen LogP contribution >= 0.6 is 22.7 Å². The van der Waals surface area contributed by atoms with Crippen molar-refractivity contribution in [3.05, 3.63) is 58.8 Å². The topological polar surface area (TPSA) is 12.9 Å². The van der Waals surface area contributed by atoms with Crippen LogP contribution in [-0.2, 0) is 6.42 Å². The second-order valence-corrected chi connectivity index (χ2v) is 10.3. The van der Waals surface area contributed by atoms with Crippen LogP contribution in [-0.4, -0.2) is 19.9 Å². The molecule has 1 atom stereocenters. The predicted molar refractivity (Wildman–Crippen MR) is 100.0 cm³/mol. The van der Waals surface area contributed by atoms with Gasteiger partial charge in [-0.3, -0.25) is 0 Å². The van der Waals surface area contributed by atoms with Gasteiger partial charge < -0.3 is 0 Å². The summed E-state index contributed by atoms with van der Waals surface area (Å²) in [5.74, 6) is 0. The van der Waals surface area contributed by atoms with Gasteiger partial charge in [-0.05, 0) is 0 Å². The van der Waals surface area contributed by atoms with Crippen LogP contribution in [0.2, 0.25) is 4.82 Å². The van der Waals surface area contributed by atoms with Gasteiger partial charge in [0.25, 0.3) is 0 Å². The van der Waals surface area contributed by atoms with Gasteiger partial charge in [0.05, 0.1) is 0 Å². The quantitative estimate of drug-likeness (QED) is 0.454. The zero-order chi connectivity index (χ0) is 14.9. The molecule has 3 heterocycles. The molecule has 0 amide bonds. The van der Waals surface area contributed by atoms with Crippen LogP contribution in [0.25, 0.3) is 20.4 Å². The third kappa shape index (κ3) is 2.72. The molecule has 0 aliphatic heterocycles. The van der Waals surface area contributed by atoms with E-state index in [-0.39, 0.29) is 0 Å². The van der Waals surface area contributed by atoms with Gasteiger partial charge in [0.2, 0.25) is 0 Å². The Balaban J connectivity index is 1.70. The number of pyridine rings is 1. The number of thiophene rings is 2. The fraction of sp³-hybridized carbons (Fsp3) is 0.167. The average molecular weight is 388 g/mol. The second-order valence-electron chi connectivity index (χ2n) is 5.31. The molecule has 1 aromatic carbocycles. The molecule has 0 saturated heterocycles. The zero-order valence-corrected chi connectivity index (χ0v) is 15.5. The molecule has 22 heavy (non-hydrogen) atoms. The Labute approximate surface area is 144 Å². The molecule has 0 aliphatic rings. The molecule has 0 fully saturated rings. The van der Waals surface area contributed by atoms with E-state index < -0.39 is 0 Å². The molecule has 0 spiro atoms. The summed E-state index contributed by atoms with van der Waals surface area (Å²) < 4.78 is 4.25. The third-order valence-corrected chi connectivity index (χ3v) is 7.91. The third-order valence-electron chi connectivity index (χ3n) is 3.65. The van der Waals surface area contributed by atoms with Gasteiger partial charge in [0.15, 0.2) is 0 Å². The summed E-state index contributed by atoms with van der Waals surface area (Å²) in [6, 6.07) is 15.2. The summed E-state index contributed by atoms with van der Waals surface area (Å²) in [5.41, 5.74) is 3.82. The van der Waals surface area contributed by atoms with E-state index in [2.05, 4.69) is 60.1 Å². The molecule has 4 heteroatoms. The zero-order valence-electron chi connectivity index (χ0n) is 12.2. The minimum absolute atomic E-state index is 0.512. The Bertz CT molecular complexity index is 862. The number of rotatable bonds is 4. The van der Waals surface area contributed by atoms with E-state index in [9.17, 15) is 0 Å². The normalized spacial score (nSPS) is 13.0. The summed E-state index contributed by atoms with van der Waals surface area (Å²) in [6.45, 7) is 2.38. The summed E-state index contributed by atoms with van der Waals surface area (Å²) in [4.78, 5) is 5.46. The molecule has 0 aliphatic carbocycles. The number of benzene rings is 1. The first kappa shape index (κ1) is 14.4. The Morgan fingerprint density at radius 2 is 1.59 bits per heavy atom. The van der Waals surface area contributed by atoms with Crippen molar-refractivity contribution in [1.29, 1.82) is 0 Å². The van der Waals surface area contributed by atoms with Gasteiger partial charge in [-0.15, -0.1) is 0 Å². The number of aromatic nitrogens is 1. The number of hydrogen-bond donors (Lipinski definition) is 0. The molecule has 0 N–H and O–H groups in total. The van der Waals surface area contributed by atoms with Crippen molar-refractivity contribution in [2.24, 2.45) is 0 Å². The fourth-order valence-corrected chi connectivity index (χ4v) is 6.72. The molecule has 0 bridgehead atoms. The molecule has 4 rings (SSSR count). The van der Waals surface area contributed by atoms with Crippen molar-refractivity contribution in [2.45, 2.75) is 18.2 Å². The molecule has 0 radical (unpaired) electrons. The van der Waals surface area contributed by atoms with Crippen molar-refractivity contribution in [3.63, 3.8) is 0 Å². The van der Waals surface area contributed by atoms with E-state index in [1.165, 1.54) is 19.4 Å². The molecule has 0 saturated carbocycles. The Hall–Kier alpha value is -1.19. The van der Waals surface area contributed by atoms with Crippen molar-refractivity contribution in [3.8, 4) is 0 Å². The van der Waals surface area contributed by atoms with Crippen LogP contribution < -0.4 is 4.46 Å². The molecule has 3 aromatic heterocycles. The molecule has 4 aromatic rings. The minimum atomic E-state index is 0.512. The van der Waals surface area contributed by atoms with Crippen molar-refractivity contribution < 1.29 is 0 Å². The van der Waals surface area contributed by atoms with E-state index in [1.807, 2.05) is 22.7 Å². The number of fused-ring (bicyclic) bond motifs is 2. The van der Waals surface area contributed by atoms with E-state index >= 15 is 0 Å². The van der Waals surface area contributed by atoms with E-state index in [0.717, 1.165) is 17.5 Å². The van der Waals surface area contributed by atoms with E-state index in [1.54, 1.807) is 0 Å². The van der Waals surface area contributed by atoms with E-state index in [4.69, 9.17) is 4.98 Å². The predicted octanol–water partition coefficient (Wildman–Crippen LogP) is 4.89. The first-order chi connectivity index (χ1) is 10.8. The number of nitrogens with zero attached hydrogens (tertiary/aromatic N) is 1. The summed E-state index contributed by atoms with van der Waals surface area (Å²) in [5, 5.41) is 4.33. The SMILES string of the molecule is CC(Cc1c2sccc2nc2ccsc12)[Se]c1ccccc1. The van der Waals surface area contributed by atoms with Gasteiger partial charge in [0.1, 0.15) is 0 Å². The van der Waals surface area contributed by atoms with Crippen LogP contribution in [0.4, 0.5) is 0 Å². The van der Waals surface area contributed by atoms with Gasteiger partial charge in [-0.2, -0.15) is 0 Å². The molecule has 1 nitrogen and oxygen atoms in total. The van der Waals surface area contributed by atoms with Crippen molar-refractivity contribution >= 4 is 62.5 Å². The average Bonchev–Trinajstić information content (AvgIpc) is 3.16. The summed E-state index contributed by atoms with van der Waals surface area (Å²) >= 11 is 4.17. The molecule has 1 unspecified atom stereocenters. The monoisotopic (exact) mass is 389 g/mol. The van der Waals surface area contributed by atoms with Crippen molar-refractivity contribution in [2.75, 3.05) is 0 Å². The first-order valence-electron chi connectivity index (χ1n) is 7.26. The Morgan fingerprint density at radius 3 is 2.23 bits per heavy atom. The number of hydrogen-bond acceptors (Lipinski definition) is 3. The summed E-state index contributed by atoms with van der Waals surface area (Å²) in [6.07, 6.45) is 1.14. The van der Waals surface area contributed by atoms with Crippen LogP contribution in [0.5, 0.6) is 0 Å². The van der Waals surface area contributed by atoms with Crippen LogP contribution in [0.1, 0.15) is 12.5 Å². The van der Waals surface area contributed by atoms with Gasteiger partial charge >= 0.3 is 144 Å². The maximum atomic E-state index is 4.78. The molecule has 110 valence electrons. The molecular formula is C18H15NS2Se. The van der Waals surface area contributed by atoms with Crippen molar-refractivity contribution in [1.82, 2.24) is 4.98 Å². The second kappa shape index (κ2) is 6.13.